The third-order valence-electron chi connectivity index (χ3n) is 6.32. The number of aromatic nitrogens is 1. The van der Waals surface area contributed by atoms with Gasteiger partial charge in [0, 0.05) is 30.6 Å². The number of alkyl halides is 3. The van der Waals surface area contributed by atoms with Gasteiger partial charge in [-0.05, 0) is 55.2 Å². The summed E-state index contributed by atoms with van der Waals surface area (Å²) in [6, 6.07) is 8.13. The maximum absolute atomic E-state index is 13.1. The van der Waals surface area contributed by atoms with E-state index in [2.05, 4.69) is 10.3 Å². The lowest BCUT2D eigenvalue weighted by Crippen LogP contribution is -2.44. The highest BCUT2D eigenvalue weighted by Gasteiger charge is 2.37. The van der Waals surface area contributed by atoms with Gasteiger partial charge in [-0.3, -0.25) is 4.79 Å². The third kappa shape index (κ3) is 4.02. The average Bonchev–Trinajstić information content (AvgIpc) is 3.41. The summed E-state index contributed by atoms with van der Waals surface area (Å²) in [5.74, 6) is 1.05. The SMILES string of the molecule is Cc1c(C(=O)NCC2(c3ccc4c(c3)OCO4)CCOCC2)sc2nc(C(F)(F)F)ccc12. The molecule has 6 nitrogen and oxygen atoms in total. The van der Waals surface area contributed by atoms with E-state index in [0.29, 0.717) is 47.1 Å². The van der Waals surface area contributed by atoms with Crippen LogP contribution in [0.1, 0.15) is 39.3 Å². The molecule has 174 valence electrons. The molecule has 4 heterocycles. The van der Waals surface area contributed by atoms with Crippen LogP contribution in [0.5, 0.6) is 11.5 Å². The Kier molecular flexibility index (Phi) is 5.44. The number of nitrogens with zero attached hydrogens (tertiary/aromatic N) is 1. The molecule has 0 spiro atoms. The lowest BCUT2D eigenvalue weighted by Gasteiger charge is -2.38. The normalized spacial score (nSPS) is 17.3. The highest BCUT2D eigenvalue weighted by molar-refractivity contribution is 7.20. The van der Waals surface area contributed by atoms with Crippen molar-refractivity contribution in [2.45, 2.75) is 31.4 Å². The lowest BCUT2D eigenvalue weighted by molar-refractivity contribution is -0.140. The minimum absolute atomic E-state index is 0.181. The number of thiophene rings is 1. The molecule has 1 fully saturated rings. The Balaban J connectivity index is 1.40. The minimum atomic E-state index is -4.53. The van der Waals surface area contributed by atoms with Crippen LogP contribution in [0.3, 0.4) is 0 Å². The van der Waals surface area contributed by atoms with E-state index in [1.807, 2.05) is 18.2 Å². The van der Waals surface area contributed by atoms with E-state index in [4.69, 9.17) is 14.2 Å². The molecule has 1 amide bonds. The molecule has 2 aliphatic heterocycles. The number of carbonyl (C=O) groups is 1. The number of nitrogens with one attached hydrogen (secondary N) is 1. The maximum Gasteiger partial charge on any atom is 0.433 e. The van der Waals surface area contributed by atoms with Crippen molar-refractivity contribution in [1.29, 1.82) is 0 Å². The molecule has 0 radical (unpaired) electrons. The first kappa shape index (κ1) is 22.0. The van der Waals surface area contributed by atoms with Gasteiger partial charge in [0.05, 0.1) is 4.88 Å². The molecule has 5 rings (SSSR count). The van der Waals surface area contributed by atoms with Crippen LogP contribution in [-0.4, -0.2) is 37.4 Å². The Morgan fingerprint density at radius 2 is 1.91 bits per heavy atom. The number of amides is 1. The quantitative estimate of drug-likeness (QED) is 0.582. The highest BCUT2D eigenvalue weighted by atomic mass is 32.1. The van der Waals surface area contributed by atoms with Crippen LogP contribution in [0.25, 0.3) is 10.2 Å². The number of benzene rings is 1. The Morgan fingerprint density at radius 1 is 1.15 bits per heavy atom. The van der Waals surface area contributed by atoms with Crippen molar-refractivity contribution in [2.24, 2.45) is 0 Å². The number of rotatable bonds is 4. The van der Waals surface area contributed by atoms with E-state index >= 15 is 0 Å². The van der Waals surface area contributed by atoms with Gasteiger partial charge in [0.15, 0.2) is 11.5 Å². The fraction of sp³-hybridized carbons (Fsp3) is 0.391. The molecule has 1 saturated heterocycles. The van der Waals surface area contributed by atoms with E-state index < -0.39 is 11.9 Å². The second kappa shape index (κ2) is 8.18. The van der Waals surface area contributed by atoms with Crippen molar-refractivity contribution in [1.82, 2.24) is 10.3 Å². The molecule has 0 aliphatic carbocycles. The highest BCUT2D eigenvalue weighted by Crippen LogP contribution is 2.41. The summed E-state index contributed by atoms with van der Waals surface area (Å²) in [7, 11) is 0. The number of pyridine rings is 1. The first-order valence-corrected chi connectivity index (χ1v) is 11.3. The number of halogens is 3. The first-order chi connectivity index (χ1) is 15.8. The topological polar surface area (TPSA) is 69.7 Å². The van der Waals surface area contributed by atoms with Crippen molar-refractivity contribution in [3.8, 4) is 11.5 Å². The van der Waals surface area contributed by atoms with E-state index in [-0.39, 0.29) is 22.9 Å². The number of carbonyl (C=O) groups excluding carboxylic acids is 1. The lowest BCUT2D eigenvalue weighted by atomic mass is 9.74. The Hall–Kier alpha value is -2.85. The van der Waals surface area contributed by atoms with E-state index in [9.17, 15) is 18.0 Å². The molecule has 3 aromatic rings. The van der Waals surface area contributed by atoms with Crippen LogP contribution in [-0.2, 0) is 16.3 Å². The van der Waals surface area contributed by atoms with E-state index in [1.165, 1.54) is 6.07 Å². The Bertz CT molecular complexity index is 1220. The summed E-state index contributed by atoms with van der Waals surface area (Å²) in [5.41, 5.74) is 0.339. The Morgan fingerprint density at radius 3 is 2.67 bits per heavy atom. The number of aryl methyl sites for hydroxylation is 1. The molecule has 0 atom stereocenters. The van der Waals surface area contributed by atoms with Crippen LogP contribution in [0.4, 0.5) is 13.2 Å². The summed E-state index contributed by atoms with van der Waals surface area (Å²) >= 11 is 0.976. The molecular weight excluding hydrogens is 457 g/mol. The van der Waals surface area contributed by atoms with E-state index in [1.54, 1.807) is 6.92 Å². The van der Waals surface area contributed by atoms with Gasteiger partial charge in [0.25, 0.3) is 5.91 Å². The van der Waals surface area contributed by atoms with Gasteiger partial charge >= 0.3 is 6.18 Å². The fourth-order valence-electron chi connectivity index (χ4n) is 4.36. The standard InChI is InChI=1S/C23H21F3N2O4S/c1-13-15-3-5-18(23(24,25)26)28-21(15)33-19(13)20(29)27-11-22(6-8-30-9-7-22)14-2-4-16-17(10-14)32-12-31-16/h2-5,10H,6-9,11-12H2,1H3,(H,27,29). The molecule has 33 heavy (non-hydrogen) atoms. The van der Waals surface area contributed by atoms with E-state index in [0.717, 1.165) is 35.8 Å². The van der Waals surface area contributed by atoms with Crippen LogP contribution < -0.4 is 14.8 Å². The molecule has 2 aromatic heterocycles. The summed E-state index contributed by atoms with van der Waals surface area (Å²) in [4.78, 5) is 17.4. The van der Waals surface area contributed by atoms with Crippen molar-refractivity contribution >= 4 is 27.5 Å². The molecule has 0 unspecified atom stereocenters. The van der Waals surface area contributed by atoms with Crippen molar-refractivity contribution in [2.75, 3.05) is 26.6 Å². The summed E-state index contributed by atoms with van der Waals surface area (Å²) in [6.45, 7) is 3.40. The summed E-state index contributed by atoms with van der Waals surface area (Å²) in [5, 5.41) is 3.57. The van der Waals surface area contributed by atoms with Gasteiger partial charge in [-0.25, -0.2) is 4.98 Å². The van der Waals surface area contributed by atoms with Crippen LogP contribution in [0, 0.1) is 6.92 Å². The molecule has 1 aromatic carbocycles. The minimum Gasteiger partial charge on any atom is -0.454 e. The molecule has 0 saturated carbocycles. The predicted octanol–water partition coefficient (Wildman–Crippen LogP) is 4.83. The fourth-order valence-corrected chi connectivity index (χ4v) is 5.46. The van der Waals surface area contributed by atoms with Crippen LogP contribution in [0.15, 0.2) is 30.3 Å². The first-order valence-electron chi connectivity index (χ1n) is 10.5. The van der Waals surface area contributed by atoms with Gasteiger partial charge < -0.3 is 19.5 Å². The number of ether oxygens (including phenoxy) is 3. The van der Waals surface area contributed by atoms with Gasteiger partial charge in [-0.2, -0.15) is 13.2 Å². The van der Waals surface area contributed by atoms with Crippen molar-refractivity contribution in [3.63, 3.8) is 0 Å². The van der Waals surface area contributed by atoms with Gasteiger partial charge in [-0.1, -0.05) is 6.07 Å². The molecule has 2 aliphatic rings. The summed E-state index contributed by atoms with van der Waals surface area (Å²) in [6.07, 6.45) is -3.10. The largest absolute Gasteiger partial charge is 0.454 e. The maximum atomic E-state index is 13.1. The second-order valence-corrected chi connectivity index (χ2v) is 9.25. The zero-order valence-electron chi connectivity index (χ0n) is 17.8. The predicted molar refractivity (Wildman–Crippen MR) is 116 cm³/mol. The van der Waals surface area contributed by atoms with Gasteiger partial charge in [0.1, 0.15) is 10.5 Å². The van der Waals surface area contributed by atoms with Crippen molar-refractivity contribution < 1.29 is 32.2 Å². The monoisotopic (exact) mass is 478 g/mol. The van der Waals surface area contributed by atoms with Crippen LogP contribution >= 0.6 is 11.3 Å². The third-order valence-corrected chi connectivity index (χ3v) is 7.52. The molecule has 0 bridgehead atoms. The van der Waals surface area contributed by atoms with Crippen molar-refractivity contribution in [3.05, 3.63) is 52.0 Å². The molecule has 10 heteroatoms. The number of hydrogen-bond donors (Lipinski definition) is 1. The zero-order valence-corrected chi connectivity index (χ0v) is 18.6. The Labute approximate surface area is 191 Å². The van der Waals surface area contributed by atoms with Crippen LogP contribution in [0.2, 0.25) is 0 Å². The molecule has 1 N–H and O–H groups in total. The summed E-state index contributed by atoms with van der Waals surface area (Å²) < 4.78 is 55.6. The number of fused-ring (bicyclic) bond motifs is 2. The smallest absolute Gasteiger partial charge is 0.433 e. The zero-order chi connectivity index (χ0) is 23.2. The second-order valence-electron chi connectivity index (χ2n) is 8.25. The number of hydrogen-bond acceptors (Lipinski definition) is 6. The van der Waals surface area contributed by atoms with Gasteiger partial charge in [0.2, 0.25) is 6.79 Å². The van der Waals surface area contributed by atoms with Gasteiger partial charge in [-0.15, -0.1) is 11.3 Å². The average molecular weight is 478 g/mol. The molecular formula is C23H21F3N2O4S.